The van der Waals surface area contributed by atoms with Crippen LogP contribution < -0.4 is 11.5 Å². The molecule has 1 rings (SSSR count). The van der Waals surface area contributed by atoms with Crippen molar-refractivity contribution in [3.8, 4) is 0 Å². The third kappa shape index (κ3) is 11.7. The van der Waals surface area contributed by atoms with Gasteiger partial charge in [0.15, 0.2) is 0 Å². The van der Waals surface area contributed by atoms with Crippen molar-refractivity contribution in [1.29, 1.82) is 0 Å². The van der Waals surface area contributed by atoms with Gasteiger partial charge in [0.25, 0.3) is 0 Å². The van der Waals surface area contributed by atoms with E-state index in [2.05, 4.69) is 12.2 Å². The molecule has 1 unspecified atom stereocenters. The van der Waals surface area contributed by atoms with Gasteiger partial charge in [0.05, 0.1) is 12.7 Å². The number of rotatable bonds is 9. The van der Waals surface area contributed by atoms with Gasteiger partial charge < -0.3 is 16.2 Å². The summed E-state index contributed by atoms with van der Waals surface area (Å²) in [5.41, 5.74) is 0. The Morgan fingerprint density at radius 3 is 2.17 bits per heavy atom. The lowest BCUT2D eigenvalue weighted by Gasteiger charge is -2.23. The number of hydrogen-bond acceptors (Lipinski definition) is 3. The molecule has 3 nitrogen and oxygen atoms in total. The van der Waals surface area contributed by atoms with Gasteiger partial charge in [-0.05, 0) is 6.42 Å². The number of ether oxygens (including phenoxy) is 1. The zero-order chi connectivity index (χ0) is 11.5. The SMILES string of the molecule is CCCCCCCCCCC1CNCCO1.I.N. The van der Waals surface area contributed by atoms with Crippen LogP contribution in [0.4, 0.5) is 0 Å². The molecule has 4 N–H and O–H groups in total. The number of morpholine rings is 1. The number of halogens is 1. The number of unbranched alkanes of at least 4 members (excludes halogenated alkanes) is 7. The maximum Gasteiger partial charge on any atom is 0.0700 e. The zero-order valence-electron chi connectivity index (χ0n) is 12.1. The second kappa shape index (κ2) is 15.7. The van der Waals surface area contributed by atoms with Crippen LogP contribution in [0.15, 0.2) is 0 Å². The molecule has 0 aromatic heterocycles. The topological polar surface area (TPSA) is 56.3 Å². The molecule has 0 bridgehead atoms. The molecule has 1 aliphatic heterocycles. The smallest absolute Gasteiger partial charge is 0.0700 e. The first-order chi connectivity index (χ1) is 7.93. The minimum absolute atomic E-state index is 0. The normalized spacial score (nSPS) is 18.8. The highest BCUT2D eigenvalue weighted by molar-refractivity contribution is 14.0. The first-order valence-corrected chi connectivity index (χ1v) is 7.26. The Morgan fingerprint density at radius 1 is 1.00 bits per heavy atom. The second-order valence-electron chi connectivity index (χ2n) is 4.96. The molecule has 1 atom stereocenters. The fourth-order valence-corrected chi connectivity index (χ4v) is 2.31. The molecule has 0 aromatic rings. The quantitative estimate of drug-likeness (QED) is 0.469. The van der Waals surface area contributed by atoms with Gasteiger partial charge in [-0.3, -0.25) is 0 Å². The number of hydrogen-bond donors (Lipinski definition) is 2. The summed E-state index contributed by atoms with van der Waals surface area (Å²) in [4.78, 5) is 0. The first kappa shape index (κ1) is 20.9. The Kier molecular flexibility index (Phi) is 18.2. The van der Waals surface area contributed by atoms with Gasteiger partial charge in [-0.15, -0.1) is 24.0 Å². The molecule has 4 heteroatoms. The van der Waals surface area contributed by atoms with Crippen LogP contribution in [0.5, 0.6) is 0 Å². The largest absolute Gasteiger partial charge is 0.376 e. The van der Waals surface area contributed by atoms with Crippen LogP contribution >= 0.6 is 24.0 Å². The van der Waals surface area contributed by atoms with Crippen molar-refractivity contribution in [2.45, 2.75) is 70.8 Å². The second-order valence-corrected chi connectivity index (χ2v) is 4.96. The molecule has 1 fully saturated rings. The van der Waals surface area contributed by atoms with Gasteiger partial charge >= 0.3 is 0 Å². The highest BCUT2D eigenvalue weighted by atomic mass is 127. The molecular weight excluding hydrogens is 339 g/mol. The van der Waals surface area contributed by atoms with E-state index < -0.39 is 0 Å². The molecule has 1 heterocycles. The van der Waals surface area contributed by atoms with Crippen molar-refractivity contribution in [2.75, 3.05) is 19.7 Å². The molecule has 0 aliphatic carbocycles. The van der Waals surface area contributed by atoms with E-state index in [4.69, 9.17) is 4.74 Å². The van der Waals surface area contributed by atoms with Gasteiger partial charge in [-0.2, -0.15) is 0 Å². The summed E-state index contributed by atoms with van der Waals surface area (Å²) in [7, 11) is 0. The van der Waals surface area contributed by atoms with E-state index in [-0.39, 0.29) is 30.1 Å². The summed E-state index contributed by atoms with van der Waals surface area (Å²) >= 11 is 0. The molecular formula is C14H33IN2O. The van der Waals surface area contributed by atoms with E-state index in [1.54, 1.807) is 0 Å². The Bertz CT molecular complexity index is 153. The van der Waals surface area contributed by atoms with Crippen LogP contribution in [-0.2, 0) is 4.74 Å². The lowest BCUT2D eigenvalue weighted by Crippen LogP contribution is -2.38. The average Bonchev–Trinajstić information content (AvgIpc) is 2.34. The van der Waals surface area contributed by atoms with Crippen LogP contribution in [0.25, 0.3) is 0 Å². The first-order valence-electron chi connectivity index (χ1n) is 7.26. The van der Waals surface area contributed by atoms with Crippen molar-refractivity contribution in [3.05, 3.63) is 0 Å². The Labute approximate surface area is 130 Å². The fraction of sp³-hybridized carbons (Fsp3) is 1.00. The summed E-state index contributed by atoms with van der Waals surface area (Å²) in [6.45, 7) is 5.28. The zero-order valence-corrected chi connectivity index (χ0v) is 14.4. The van der Waals surface area contributed by atoms with Crippen molar-refractivity contribution >= 4 is 24.0 Å². The summed E-state index contributed by atoms with van der Waals surface area (Å²) in [6, 6.07) is 0. The van der Waals surface area contributed by atoms with Crippen LogP contribution in [-0.4, -0.2) is 25.8 Å². The van der Waals surface area contributed by atoms with Crippen molar-refractivity contribution < 1.29 is 4.74 Å². The van der Waals surface area contributed by atoms with Crippen molar-refractivity contribution in [3.63, 3.8) is 0 Å². The molecule has 0 spiro atoms. The summed E-state index contributed by atoms with van der Waals surface area (Å²) in [5.74, 6) is 0. The molecule has 1 aliphatic rings. The summed E-state index contributed by atoms with van der Waals surface area (Å²) in [5, 5.41) is 3.39. The van der Waals surface area contributed by atoms with E-state index >= 15 is 0 Å². The van der Waals surface area contributed by atoms with Gasteiger partial charge in [0.2, 0.25) is 0 Å². The lowest BCUT2D eigenvalue weighted by molar-refractivity contribution is 0.0220. The third-order valence-electron chi connectivity index (χ3n) is 3.38. The van der Waals surface area contributed by atoms with Crippen molar-refractivity contribution in [1.82, 2.24) is 11.5 Å². The predicted octanol–water partition coefficient (Wildman–Crippen LogP) is 4.29. The summed E-state index contributed by atoms with van der Waals surface area (Å²) in [6.07, 6.45) is 13.0. The fourth-order valence-electron chi connectivity index (χ4n) is 2.31. The average molecular weight is 372 g/mol. The van der Waals surface area contributed by atoms with Crippen LogP contribution in [0.1, 0.15) is 64.7 Å². The molecule has 112 valence electrons. The van der Waals surface area contributed by atoms with E-state index in [0.29, 0.717) is 6.10 Å². The standard InChI is InChI=1S/C14H29NO.HI.H3N/c1-2-3-4-5-6-7-8-9-10-14-13-15-11-12-16-14;;/h14-15H,2-13H2,1H3;1H;1H3. The van der Waals surface area contributed by atoms with Crippen LogP contribution in [0.3, 0.4) is 0 Å². The maximum atomic E-state index is 5.68. The highest BCUT2D eigenvalue weighted by Gasteiger charge is 2.11. The van der Waals surface area contributed by atoms with Gasteiger partial charge in [-0.1, -0.05) is 58.3 Å². The molecule has 18 heavy (non-hydrogen) atoms. The Balaban J connectivity index is 0. The molecule has 0 amide bonds. The van der Waals surface area contributed by atoms with Gasteiger partial charge in [-0.25, -0.2) is 0 Å². The molecule has 0 saturated carbocycles. The Hall–Kier alpha value is 0.610. The maximum absolute atomic E-state index is 5.68. The van der Waals surface area contributed by atoms with Crippen molar-refractivity contribution in [2.24, 2.45) is 0 Å². The molecule has 0 aromatic carbocycles. The minimum atomic E-state index is 0. The van der Waals surface area contributed by atoms with E-state index in [9.17, 15) is 0 Å². The minimum Gasteiger partial charge on any atom is -0.376 e. The number of nitrogens with one attached hydrogen (secondary N) is 1. The van der Waals surface area contributed by atoms with Crippen LogP contribution in [0, 0.1) is 0 Å². The van der Waals surface area contributed by atoms with E-state index in [1.165, 1.54) is 57.8 Å². The van der Waals surface area contributed by atoms with E-state index in [1.807, 2.05) is 0 Å². The monoisotopic (exact) mass is 372 g/mol. The van der Waals surface area contributed by atoms with Gasteiger partial charge in [0.1, 0.15) is 0 Å². The van der Waals surface area contributed by atoms with E-state index in [0.717, 1.165) is 19.7 Å². The third-order valence-corrected chi connectivity index (χ3v) is 3.38. The highest BCUT2D eigenvalue weighted by Crippen LogP contribution is 2.12. The van der Waals surface area contributed by atoms with Crippen LogP contribution in [0.2, 0.25) is 0 Å². The molecule has 0 radical (unpaired) electrons. The molecule has 1 saturated heterocycles. The Morgan fingerprint density at radius 2 is 1.61 bits per heavy atom. The summed E-state index contributed by atoms with van der Waals surface area (Å²) < 4.78 is 5.68. The van der Waals surface area contributed by atoms with Gasteiger partial charge in [0, 0.05) is 13.1 Å². The predicted molar refractivity (Wildman–Crippen MR) is 90.3 cm³/mol. The lowest BCUT2D eigenvalue weighted by atomic mass is 10.1.